The molecule has 3 heterocycles. The lowest BCUT2D eigenvalue weighted by Crippen LogP contribution is -2.32. The quantitative estimate of drug-likeness (QED) is 0.436. The number of nitrogens with two attached hydrogens (primary N) is 1. The number of halogens is 3. The minimum absolute atomic E-state index is 0.100. The van der Waals surface area contributed by atoms with Gasteiger partial charge in [0.2, 0.25) is 5.88 Å². The van der Waals surface area contributed by atoms with Crippen LogP contribution < -0.4 is 14.7 Å². The van der Waals surface area contributed by atoms with Crippen LogP contribution in [0.4, 0.5) is 13.2 Å². The zero-order chi connectivity index (χ0) is 24.3. The van der Waals surface area contributed by atoms with Crippen molar-refractivity contribution in [1.29, 1.82) is 0 Å². The van der Waals surface area contributed by atoms with E-state index in [0.29, 0.717) is 5.56 Å². The summed E-state index contributed by atoms with van der Waals surface area (Å²) >= 11 is 0. The number of aryl methyl sites for hydroxylation is 1. The Kier molecular flexibility index (Phi) is 4.76. The van der Waals surface area contributed by atoms with Crippen molar-refractivity contribution >= 4 is 16.1 Å². The van der Waals surface area contributed by atoms with Crippen molar-refractivity contribution in [1.82, 2.24) is 4.98 Å². The molecule has 2 aliphatic rings. The lowest BCUT2D eigenvalue weighted by molar-refractivity contribution is -0.0500. The summed E-state index contributed by atoms with van der Waals surface area (Å²) in [6, 6.07) is 12.8. The van der Waals surface area contributed by atoms with Crippen LogP contribution in [0.1, 0.15) is 16.7 Å². The van der Waals surface area contributed by atoms with Crippen molar-refractivity contribution in [2.75, 3.05) is 6.61 Å². The van der Waals surface area contributed by atoms with Gasteiger partial charge in [-0.05, 0) is 36.8 Å². The number of rotatable bonds is 3. The number of benzene rings is 2. The van der Waals surface area contributed by atoms with E-state index in [0.717, 1.165) is 28.8 Å². The van der Waals surface area contributed by atoms with Gasteiger partial charge in [0.15, 0.2) is 5.54 Å². The largest absolute Gasteiger partial charge is 0.534 e. The normalized spacial score (nSPS) is 19.0. The van der Waals surface area contributed by atoms with E-state index in [4.69, 9.17) is 15.2 Å². The van der Waals surface area contributed by atoms with E-state index >= 15 is 0 Å². The Bertz CT molecular complexity index is 1440. The Hall–Kier alpha value is -3.80. The molecule has 0 amide bonds. The van der Waals surface area contributed by atoms with Gasteiger partial charge in [-0.15, -0.1) is 0 Å². The lowest BCUT2D eigenvalue weighted by Gasteiger charge is -2.33. The number of amidine groups is 1. The van der Waals surface area contributed by atoms with Crippen molar-refractivity contribution in [2.24, 2.45) is 10.7 Å². The lowest BCUT2D eigenvalue weighted by atomic mass is 9.81. The van der Waals surface area contributed by atoms with Gasteiger partial charge in [0, 0.05) is 17.3 Å². The summed E-state index contributed by atoms with van der Waals surface area (Å²) in [4.78, 5) is 8.83. The number of aliphatic imine (C=N–C) groups is 1. The van der Waals surface area contributed by atoms with Gasteiger partial charge in [-0.2, -0.15) is 21.6 Å². The molecular formula is C22H16F3N3O5S. The first-order chi connectivity index (χ1) is 16.0. The first kappa shape index (κ1) is 22.0. The fraction of sp³-hybridized carbons (Fsp3) is 0.182. The van der Waals surface area contributed by atoms with E-state index < -0.39 is 26.9 Å². The Morgan fingerprint density at radius 3 is 2.44 bits per heavy atom. The van der Waals surface area contributed by atoms with Crippen LogP contribution in [0.5, 0.6) is 17.4 Å². The van der Waals surface area contributed by atoms with Crippen LogP contribution in [0.3, 0.4) is 0 Å². The summed E-state index contributed by atoms with van der Waals surface area (Å²) in [6.07, 6.45) is 1.62. The third-order valence-corrected chi connectivity index (χ3v) is 6.48. The third-order valence-electron chi connectivity index (χ3n) is 5.50. The minimum Gasteiger partial charge on any atom is -0.462 e. The topological polar surface area (TPSA) is 113 Å². The van der Waals surface area contributed by atoms with E-state index in [-0.39, 0.29) is 29.8 Å². The molecular weight excluding hydrogens is 475 g/mol. The Labute approximate surface area is 191 Å². The second kappa shape index (κ2) is 7.35. The van der Waals surface area contributed by atoms with Gasteiger partial charge in [0.25, 0.3) is 6.02 Å². The number of ether oxygens (including phenoxy) is 2. The summed E-state index contributed by atoms with van der Waals surface area (Å²) in [5, 5.41) is 0. The Balaban J connectivity index is 1.65. The average molecular weight is 491 g/mol. The number of hydrogen-bond acceptors (Lipinski definition) is 8. The molecule has 12 heteroatoms. The number of alkyl halides is 3. The third kappa shape index (κ3) is 3.50. The molecule has 2 aliphatic heterocycles. The van der Waals surface area contributed by atoms with Crippen molar-refractivity contribution < 1.29 is 35.2 Å². The van der Waals surface area contributed by atoms with Crippen molar-refractivity contribution in [3.8, 4) is 28.5 Å². The molecule has 2 aromatic carbocycles. The van der Waals surface area contributed by atoms with E-state index in [1.807, 2.05) is 31.2 Å². The first-order valence-corrected chi connectivity index (χ1v) is 11.3. The highest BCUT2D eigenvalue weighted by Gasteiger charge is 2.50. The van der Waals surface area contributed by atoms with E-state index in [2.05, 4.69) is 14.2 Å². The molecule has 5 rings (SSSR count). The number of fused-ring (bicyclic) bond motifs is 4. The van der Waals surface area contributed by atoms with Crippen molar-refractivity contribution in [2.45, 2.75) is 18.0 Å². The molecule has 0 saturated carbocycles. The maximum absolute atomic E-state index is 12.8. The molecule has 0 radical (unpaired) electrons. The molecule has 0 fully saturated rings. The van der Waals surface area contributed by atoms with Gasteiger partial charge in [-0.3, -0.25) is 0 Å². The van der Waals surface area contributed by atoms with Gasteiger partial charge in [0.1, 0.15) is 18.1 Å². The smallest absolute Gasteiger partial charge is 0.462 e. The monoisotopic (exact) mass is 491 g/mol. The van der Waals surface area contributed by atoms with Crippen LogP contribution in [0.2, 0.25) is 0 Å². The van der Waals surface area contributed by atoms with Crippen LogP contribution in [-0.4, -0.2) is 31.5 Å². The van der Waals surface area contributed by atoms with Crippen LogP contribution in [0.25, 0.3) is 11.1 Å². The fourth-order valence-corrected chi connectivity index (χ4v) is 4.29. The molecule has 0 aliphatic carbocycles. The van der Waals surface area contributed by atoms with E-state index in [1.165, 1.54) is 6.07 Å². The molecule has 34 heavy (non-hydrogen) atoms. The second-order valence-corrected chi connectivity index (χ2v) is 9.32. The minimum atomic E-state index is -5.87. The predicted molar refractivity (Wildman–Crippen MR) is 115 cm³/mol. The fourth-order valence-electron chi connectivity index (χ4n) is 3.84. The van der Waals surface area contributed by atoms with Gasteiger partial charge in [-0.25, -0.2) is 9.98 Å². The highest BCUT2D eigenvalue weighted by molar-refractivity contribution is 7.88. The summed E-state index contributed by atoms with van der Waals surface area (Å²) in [5.41, 5.74) is 2.24. The Morgan fingerprint density at radius 1 is 1.06 bits per heavy atom. The molecule has 176 valence electrons. The van der Waals surface area contributed by atoms with Gasteiger partial charge in [-0.1, -0.05) is 29.8 Å². The summed E-state index contributed by atoms with van der Waals surface area (Å²) in [6.45, 7) is 1.86. The molecule has 1 unspecified atom stereocenters. The van der Waals surface area contributed by atoms with Gasteiger partial charge < -0.3 is 19.4 Å². The van der Waals surface area contributed by atoms with Crippen LogP contribution >= 0.6 is 0 Å². The molecule has 1 spiro atoms. The van der Waals surface area contributed by atoms with E-state index in [9.17, 15) is 21.6 Å². The summed E-state index contributed by atoms with van der Waals surface area (Å²) in [5.74, 6) is -0.158. The molecule has 1 aromatic heterocycles. The number of nitrogens with zero attached hydrogens (tertiary/aromatic N) is 2. The van der Waals surface area contributed by atoms with Crippen LogP contribution in [0, 0.1) is 6.92 Å². The number of pyridine rings is 1. The summed E-state index contributed by atoms with van der Waals surface area (Å²) < 4.78 is 77.1. The second-order valence-electron chi connectivity index (χ2n) is 7.78. The highest BCUT2D eigenvalue weighted by atomic mass is 32.2. The van der Waals surface area contributed by atoms with E-state index in [1.54, 1.807) is 12.3 Å². The van der Waals surface area contributed by atoms with Crippen LogP contribution in [0.15, 0.2) is 59.7 Å². The predicted octanol–water partition coefficient (Wildman–Crippen LogP) is 3.98. The maximum atomic E-state index is 12.8. The van der Waals surface area contributed by atoms with Gasteiger partial charge >= 0.3 is 15.6 Å². The van der Waals surface area contributed by atoms with Crippen LogP contribution in [-0.2, 0) is 20.4 Å². The maximum Gasteiger partial charge on any atom is 0.534 e. The SMILES string of the molecule is Cc1ccc(-c2cnc3c(c2)C2(COC(N)=N2)c2cc(OS(=O)(=O)C(F)(F)F)ccc2O3)cc1. The first-order valence-electron chi connectivity index (χ1n) is 9.87. The average Bonchev–Trinajstić information content (AvgIpc) is 3.16. The molecule has 2 N–H and O–H groups in total. The summed E-state index contributed by atoms with van der Waals surface area (Å²) in [7, 11) is -5.87. The molecule has 1 atom stereocenters. The van der Waals surface area contributed by atoms with Crippen molar-refractivity contribution in [3.63, 3.8) is 0 Å². The van der Waals surface area contributed by atoms with Gasteiger partial charge in [0.05, 0.1) is 5.56 Å². The number of hydrogen-bond donors (Lipinski definition) is 1. The van der Waals surface area contributed by atoms with Crippen molar-refractivity contribution in [3.05, 3.63) is 71.4 Å². The highest BCUT2D eigenvalue weighted by Crippen LogP contribution is 2.51. The zero-order valence-corrected chi connectivity index (χ0v) is 18.3. The molecule has 0 bridgehead atoms. The Morgan fingerprint density at radius 2 is 1.79 bits per heavy atom. The molecule has 8 nitrogen and oxygen atoms in total. The molecule has 3 aromatic rings. The zero-order valence-electron chi connectivity index (χ0n) is 17.5. The molecule has 0 saturated heterocycles. The number of aromatic nitrogens is 1. The standard InChI is InChI=1S/C22H16F3N3O5S/c1-12-2-4-13(5-3-12)14-8-17-19(27-10-14)32-18-7-6-15(33-34(29,30)22(23,24)25)9-16(18)21(17)11-31-20(26)28-21/h2-10H,11H2,1H3,(H2,26,28).